The van der Waals surface area contributed by atoms with E-state index in [0.717, 1.165) is 50.2 Å². The number of amides is 2. The summed E-state index contributed by atoms with van der Waals surface area (Å²) in [5.41, 5.74) is 0.897. The molecule has 2 N–H and O–H groups in total. The lowest BCUT2D eigenvalue weighted by Crippen LogP contribution is -2.45. The van der Waals surface area contributed by atoms with Crippen LogP contribution >= 0.6 is 0 Å². The molecule has 0 spiro atoms. The average Bonchev–Trinajstić information content (AvgIpc) is 2.63. The highest BCUT2D eigenvalue weighted by atomic mass is 16.5. The van der Waals surface area contributed by atoms with Crippen LogP contribution in [0, 0.1) is 0 Å². The topological polar surface area (TPSA) is 70.7 Å². The molecule has 0 bridgehead atoms. The Morgan fingerprint density at radius 2 is 1.88 bits per heavy atom. The summed E-state index contributed by atoms with van der Waals surface area (Å²) in [5.74, 6) is 0.582. The van der Waals surface area contributed by atoms with E-state index in [1.807, 2.05) is 24.3 Å². The Labute approximate surface area is 156 Å². The van der Waals surface area contributed by atoms with Crippen LogP contribution in [0.5, 0.6) is 5.75 Å². The summed E-state index contributed by atoms with van der Waals surface area (Å²) in [7, 11) is 1.61. The number of ether oxygens (including phenoxy) is 1. The number of likely N-dealkylation sites (tertiary alicyclic amines) is 1. The van der Waals surface area contributed by atoms with Gasteiger partial charge in [0.15, 0.2) is 0 Å². The highest BCUT2D eigenvalue weighted by Crippen LogP contribution is 2.21. The molecular formula is C20H31N3O3. The number of carbonyl (C=O) groups excluding carboxylic acids is 2. The predicted octanol–water partition coefficient (Wildman–Crippen LogP) is 2.25. The van der Waals surface area contributed by atoms with Crippen molar-refractivity contribution in [2.75, 3.05) is 26.7 Å². The standard InChI is InChI=1S/C20H31N3O3/c1-4-11-23-12-9-17(10-13-23)22-20(25)14-19(21-15(2)24)16-5-7-18(26-3)8-6-16/h5-8,17,19H,4,9-14H2,1-3H3,(H,21,24)(H,22,25). The molecule has 1 atom stereocenters. The second kappa shape index (κ2) is 10.2. The summed E-state index contributed by atoms with van der Waals surface area (Å²) in [6.07, 6.45) is 3.37. The van der Waals surface area contributed by atoms with Gasteiger partial charge in [-0.05, 0) is 43.5 Å². The third-order valence-corrected chi connectivity index (χ3v) is 4.78. The van der Waals surface area contributed by atoms with E-state index in [1.54, 1.807) is 7.11 Å². The van der Waals surface area contributed by atoms with E-state index in [1.165, 1.54) is 6.92 Å². The molecule has 1 fully saturated rings. The second-order valence-corrected chi connectivity index (χ2v) is 6.91. The normalized spacial score (nSPS) is 16.7. The molecule has 1 aliphatic heterocycles. The Hall–Kier alpha value is -2.08. The maximum Gasteiger partial charge on any atom is 0.222 e. The summed E-state index contributed by atoms with van der Waals surface area (Å²) in [5, 5.41) is 6.01. The van der Waals surface area contributed by atoms with E-state index < -0.39 is 0 Å². The number of hydrogen-bond acceptors (Lipinski definition) is 4. The Balaban J connectivity index is 1.90. The maximum atomic E-state index is 12.5. The van der Waals surface area contributed by atoms with Crippen LogP contribution in [-0.4, -0.2) is 49.5 Å². The minimum absolute atomic E-state index is 0.0199. The fraction of sp³-hybridized carbons (Fsp3) is 0.600. The number of rotatable bonds is 8. The summed E-state index contributed by atoms with van der Waals surface area (Å²) in [4.78, 5) is 26.5. The van der Waals surface area contributed by atoms with E-state index in [0.29, 0.717) is 0 Å². The van der Waals surface area contributed by atoms with Gasteiger partial charge in [-0.15, -0.1) is 0 Å². The van der Waals surface area contributed by atoms with Crippen molar-refractivity contribution in [3.63, 3.8) is 0 Å². The van der Waals surface area contributed by atoms with Gasteiger partial charge in [-0.25, -0.2) is 0 Å². The third kappa shape index (κ3) is 6.33. The van der Waals surface area contributed by atoms with E-state index in [9.17, 15) is 9.59 Å². The quantitative estimate of drug-likeness (QED) is 0.745. The van der Waals surface area contributed by atoms with Gasteiger partial charge in [-0.2, -0.15) is 0 Å². The van der Waals surface area contributed by atoms with Crippen LogP contribution in [-0.2, 0) is 9.59 Å². The molecule has 6 nitrogen and oxygen atoms in total. The first-order valence-corrected chi connectivity index (χ1v) is 9.44. The zero-order valence-electron chi connectivity index (χ0n) is 16.1. The van der Waals surface area contributed by atoms with Crippen molar-refractivity contribution >= 4 is 11.8 Å². The molecule has 0 radical (unpaired) electrons. The third-order valence-electron chi connectivity index (χ3n) is 4.78. The Morgan fingerprint density at radius 3 is 2.42 bits per heavy atom. The number of nitrogens with one attached hydrogen (secondary N) is 2. The van der Waals surface area contributed by atoms with Gasteiger partial charge < -0.3 is 20.3 Å². The fourth-order valence-electron chi connectivity index (χ4n) is 3.42. The van der Waals surface area contributed by atoms with Crippen molar-refractivity contribution in [3.05, 3.63) is 29.8 Å². The van der Waals surface area contributed by atoms with E-state index >= 15 is 0 Å². The minimum Gasteiger partial charge on any atom is -0.497 e. The van der Waals surface area contributed by atoms with Crippen LogP contribution in [0.2, 0.25) is 0 Å². The number of piperidine rings is 1. The molecule has 1 unspecified atom stereocenters. The summed E-state index contributed by atoms with van der Waals surface area (Å²) < 4.78 is 5.17. The molecule has 2 amide bonds. The van der Waals surface area contributed by atoms with E-state index in [-0.39, 0.29) is 30.3 Å². The molecule has 1 aliphatic rings. The van der Waals surface area contributed by atoms with Crippen LogP contribution in [0.25, 0.3) is 0 Å². The van der Waals surface area contributed by atoms with Crippen LogP contribution in [0.1, 0.15) is 51.1 Å². The van der Waals surface area contributed by atoms with Gasteiger partial charge >= 0.3 is 0 Å². The molecule has 26 heavy (non-hydrogen) atoms. The Bertz CT molecular complexity index is 580. The fourth-order valence-corrected chi connectivity index (χ4v) is 3.42. The zero-order valence-corrected chi connectivity index (χ0v) is 16.1. The Kier molecular flexibility index (Phi) is 7.91. The number of nitrogens with zero attached hydrogens (tertiary/aromatic N) is 1. The van der Waals surface area contributed by atoms with Crippen molar-refractivity contribution in [3.8, 4) is 5.75 Å². The summed E-state index contributed by atoms with van der Waals surface area (Å²) in [6.45, 7) is 6.86. The van der Waals surface area contributed by atoms with Crippen molar-refractivity contribution in [2.24, 2.45) is 0 Å². The number of benzene rings is 1. The Morgan fingerprint density at radius 1 is 1.23 bits per heavy atom. The van der Waals surface area contributed by atoms with Crippen molar-refractivity contribution < 1.29 is 14.3 Å². The molecule has 1 saturated heterocycles. The van der Waals surface area contributed by atoms with Gasteiger partial charge in [-0.3, -0.25) is 9.59 Å². The zero-order chi connectivity index (χ0) is 18.9. The summed E-state index contributed by atoms with van der Waals surface area (Å²) >= 11 is 0. The number of hydrogen-bond donors (Lipinski definition) is 2. The SMILES string of the molecule is CCCN1CCC(NC(=O)CC(NC(C)=O)c2ccc(OC)cc2)CC1. The monoisotopic (exact) mass is 361 g/mol. The summed E-state index contributed by atoms with van der Waals surface area (Å²) in [6, 6.07) is 7.34. The molecule has 144 valence electrons. The second-order valence-electron chi connectivity index (χ2n) is 6.91. The average molecular weight is 361 g/mol. The first kappa shape index (κ1) is 20.2. The molecule has 1 heterocycles. The highest BCUT2D eigenvalue weighted by molar-refractivity contribution is 5.79. The van der Waals surface area contributed by atoms with Crippen molar-refractivity contribution in [2.45, 2.75) is 51.6 Å². The molecule has 0 aromatic heterocycles. The van der Waals surface area contributed by atoms with Crippen LogP contribution in [0.3, 0.4) is 0 Å². The van der Waals surface area contributed by atoms with Gasteiger partial charge in [0.2, 0.25) is 11.8 Å². The van der Waals surface area contributed by atoms with Gasteiger partial charge in [0.25, 0.3) is 0 Å². The minimum atomic E-state index is -0.335. The maximum absolute atomic E-state index is 12.5. The lowest BCUT2D eigenvalue weighted by molar-refractivity contribution is -0.123. The van der Waals surface area contributed by atoms with Gasteiger partial charge in [0, 0.05) is 26.1 Å². The molecule has 2 rings (SSSR count). The number of methoxy groups -OCH3 is 1. The lowest BCUT2D eigenvalue weighted by atomic mass is 10.0. The van der Waals surface area contributed by atoms with Crippen molar-refractivity contribution in [1.82, 2.24) is 15.5 Å². The molecule has 0 aliphatic carbocycles. The van der Waals surface area contributed by atoms with Crippen LogP contribution < -0.4 is 15.4 Å². The largest absolute Gasteiger partial charge is 0.497 e. The number of carbonyl (C=O) groups is 2. The van der Waals surface area contributed by atoms with Gasteiger partial charge in [0.1, 0.15) is 5.75 Å². The predicted molar refractivity (Wildman–Crippen MR) is 102 cm³/mol. The molecule has 0 saturated carbocycles. The first-order chi connectivity index (χ1) is 12.5. The molecule has 1 aromatic carbocycles. The lowest BCUT2D eigenvalue weighted by Gasteiger charge is -2.32. The molecule has 1 aromatic rings. The first-order valence-electron chi connectivity index (χ1n) is 9.44. The molecule has 6 heteroatoms. The van der Waals surface area contributed by atoms with Crippen LogP contribution in [0.4, 0.5) is 0 Å². The van der Waals surface area contributed by atoms with Crippen molar-refractivity contribution in [1.29, 1.82) is 0 Å². The van der Waals surface area contributed by atoms with E-state index in [2.05, 4.69) is 22.5 Å². The van der Waals surface area contributed by atoms with Crippen LogP contribution in [0.15, 0.2) is 24.3 Å². The van der Waals surface area contributed by atoms with E-state index in [4.69, 9.17) is 4.74 Å². The smallest absolute Gasteiger partial charge is 0.222 e. The highest BCUT2D eigenvalue weighted by Gasteiger charge is 2.22. The van der Waals surface area contributed by atoms with Gasteiger partial charge in [0.05, 0.1) is 19.6 Å². The van der Waals surface area contributed by atoms with Gasteiger partial charge in [-0.1, -0.05) is 19.1 Å². The molecular weight excluding hydrogens is 330 g/mol.